The fourth-order valence-electron chi connectivity index (χ4n) is 2.63. The summed E-state index contributed by atoms with van der Waals surface area (Å²) >= 11 is 0. The number of para-hydroxylation sites is 1. The molecular weight excluding hydrogens is 378 g/mol. The Balaban J connectivity index is 2.00. The maximum atomic E-state index is 12.4. The molecule has 0 unspecified atom stereocenters. The molecule has 0 aromatic heterocycles. The quantitative estimate of drug-likeness (QED) is 0.414. The molecule has 29 heavy (non-hydrogen) atoms. The van der Waals surface area contributed by atoms with E-state index >= 15 is 0 Å². The van der Waals surface area contributed by atoms with Crippen LogP contribution in [-0.2, 0) is 9.53 Å². The van der Waals surface area contributed by atoms with E-state index in [4.69, 9.17) is 4.74 Å². The van der Waals surface area contributed by atoms with Crippen LogP contribution in [0, 0.1) is 10.1 Å². The zero-order valence-electron chi connectivity index (χ0n) is 16.1. The van der Waals surface area contributed by atoms with Gasteiger partial charge in [-0.05, 0) is 38.1 Å². The van der Waals surface area contributed by atoms with Crippen LogP contribution in [0.3, 0.4) is 0 Å². The van der Waals surface area contributed by atoms with Crippen molar-refractivity contribution < 1.29 is 24.0 Å². The molecule has 2 aromatic carbocycles. The van der Waals surface area contributed by atoms with Crippen LogP contribution < -0.4 is 5.32 Å². The Bertz CT molecular complexity index is 924. The van der Waals surface area contributed by atoms with Crippen LogP contribution in [0.25, 0.3) is 0 Å². The topological polar surface area (TPSA) is 119 Å². The molecule has 2 rings (SSSR count). The highest BCUT2D eigenvalue weighted by atomic mass is 16.6. The highest BCUT2D eigenvalue weighted by molar-refractivity contribution is 5.99. The minimum Gasteiger partial charge on any atom is -0.452 e. The fourth-order valence-corrected chi connectivity index (χ4v) is 2.63. The zero-order chi connectivity index (χ0) is 21.4. The third-order valence-corrected chi connectivity index (χ3v) is 4.10. The van der Waals surface area contributed by atoms with Gasteiger partial charge < -0.3 is 15.0 Å². The smallest absolute Gasteiger partial charge is 0.345 e. The Hall–Kier alpha value is -3.75. The van der Waals surface area contributed by atoms with Gasteiger partial charge in [0.1, 0.15) is 5.56 Å². The van der Waals surface area contributed by atoms with Crippen molar-refractivity contribution in [2.45, 2.75) is 13.8 Å². The number of esters is 1. The van der Waals surface area contributed by atoms with Gasteiger partial charge in [-0.3, -0.25) is 19.7 Å². The van der Waals surface area contributed by atoms with Crippen LogP contribution in [-0.4, -0.2) is 47.3 Å². The summed E-state index contributed by atoms with van der Waals surface area (Å²) in [5.74, 6) is -1.77. The lowest BCUT2D eigenvalue weighted by Gasteiger charge is -2.19. The first kappa shape index (κ1) is 21.5. The average molecular weight is 399 g/mol. The van der Waals surface area contributed by atoms with Gasteiger partial charge in [0.05, 0.1) is 4.92 Å². The van der Waals surface area contributed by atoms with Crippen molar-refractivity contribution in [1.82, 2.24) is 4.90 Å². The lowest BCUT2D eigenvalue weighted by molar-refractivity contribution is -0.385. The first-order valence-corrected chi connectivity index (χ1v) is 8.97. The number of benzene rings is 2. The van der Waals surface area contributed by atoms with Gasteiger partial charge in [0.2, 0.25) is 0 Å². The maximum Gasteiger partial charge on any atom is 0.345 e. The molecule has 9 heteroatoms. The van der Waals surface area contributed by atoms with Crippen molar-refractivity contribution in [3.63, 3.8) is 0 Å². The summed E-state index contributed by atoms with van der Waals surface area (Å²) in [5, 5.41) is 13.5. The van der Waals surface area contributed by atoms with Crippen molar-refractivity contribution in [3.05, 3.63) is 69.8 Å². The van der Waals surface area contributed by atoms with Gasteiger partial charge in [-0.2, -0.15) is 0 Å². The van der Waals surface area contributed by atoms with Crippen molar-refractivity contribution in [1.29, 1.82) is 0 Å². The second-order valence-electron chi connectivity index (χ2n) is 5.96. The first-order chi connectivity index (χ1) is 13.9. The molecule has 0 saturated carbocycles. The molecule has 2 aromatic rings. The van der Waals surface area contributed by atoms with E-state index < -0.39 is 29.1 Å². The SMILES string of the molecule is CCN(CC)C(=O)c1cccc(NC(=O)COC(=O)c2ccccc2[N+](=O)[O-])c1. The highest BCUT2D eigenvalue weighted by Gasteiger charge is 2.21. The number of nitrogens with zero attached hydrogens (tertiary/aromatic N) is 2. The average Bonchev–Trinajstić information content (AvgIpc) is 2.73. The molecule has 1 N–H and O–H groups in total. The molecule has 9 nitrogen and oxygen atoms in total. The Labute approximate surface area is 167 Å². The molecule has 0 aliphatic carbocycles. The van der Waals surface area contributed by atoms with Crippen molar-refractivity contribution in [2.75, 3.05) is 25.0 Å². The van der Waals surface area contributed by atoms with Crippen LogP contribution in [0.15, 0.2) is 48.5 Å². The molecule has 0 heterocycles. The predicted octanol–water partition coefficient (Wildman–Crippen LogP) is 2.87. The number of hydrogen-bond donors (Lipinski definition) is 1. The van der Waals surface area contributed by atoms with Gasteiger partial charge in [-0.15, -0.1) is 0 Å². The molecule has 152 valence electrons. The molecule has 0 bridgehead atoms. The van der Waals surface area contributed by atoms with E-state index in [0.717, 1.165) is 0 Å². The minimum atomic E-state index is -0.974. The van der Waals surface area contributed by atoms with Crippen LogP contribution in [0.1, 0.15) is 34.6 Å². The molecule has 2 amide bonds. The Morgan fingerprint density at radius 3 is 2.41 bits per heavy atom. The normalized spacial score (nSPS) is 10.1. The molecule has 0 aliphatic heterocycles. The van der Waals surface area contributed by atoms with Crippen LogP contribution >= 0.6 is 0 Å². The second kappa shape index (κ2) is 9.98. The number of anilines is 1. The number of hydrogen-bond acceptors (Lipinski definition) is 6. The van der Waals surface area contributed by atoms with Crippen LogP contribution in [0.4, 0.5) is 11.4 Å². The predicted molar refractivity (Wildman–Crippen MR) is 106 cm³/mol. The van der Waals surface area contributed by atoms with E-state index in [1.807, 2.05) is 13.8 Å². The zero-order valence-corrected chi connectivity index (χ0v) is 16.1. The molecule has 0 fully saturated rings. The van der Waals surface area contributed by atoms with Gasteiger partial charge >= 0.3 is 5.97 Å². The monoisotopic (exact) mass is 399 g/mol. The molecular formula is C20H21N3O6. The van der Waals surface area contributed by atoms with E-state index in [2.05, 4.69) is 5.32 Å². The molecule has 0 saturated heterocycles. The summed E-state index contributed by atoms with van der Waals surface area (Å²) in [4.78, 5) is 48.4. The third kappa shape index (κ3) is 5.61. The lowest BCUT2D eigenvalue weighted by atomic mass is 10.1. The van der Waals surface area contributed by atoms with Crippen molar-refractivity contribution in [3.8, 4) is 0 Å². The fraction of sp³-hybridized carbons (Fsp3) is 0.250. The molecule has 0 radical (unpaired) electrons. The summed E-state index contributed by atoms with van der Waals surface area (Å²) in [6.07, 6.45) is 0. The Kier molecular flexibility index (Phi) is 7.41. The van der Waals surface area contributed by atoms with E-state index in [0.29, 0.717) is 24.3 Å². The maximum absolute atomic E-state index is 12.4. The summed E-state index contributed by atoms with van der Waals surface area (Å²) in [6, 6.07) is 11.7. The van der Waals surface area contributed by atoms with Gasteiger partial charge in [0.25, 0.3) is 17.5 Å². The Morgan fingerprint density at radius 1 is 1.07 bits per heavy atom. The van der Waals surface area contributed by atoms with Gasteiger partial charge in [-0.25, -0.2) is 4.79 Å². The van der Waals surface area contributed by atoms with Gasteiger partial charge in [0, 0.05) is 30.4 Å². The largest absolute Gasteiger partial charge is 0.452 e. The number of ether oxygens (including phenoxy) is 1. The van der Waals surface area contributed by atoms with Crippen molar-refractivity contribution >= 4 is 29.2 Å². The molecule has 0 atom stereocenters. The van der Waals surface area contributed by atoms with E-state index in [9.17, 15) is 24.5 Å². The second-order valence-corrected chi connectivity index (χ2v) is 5.96. The highest BCUT2D eigenvalue weighted by Crippen LogP contribution is 2.18. The first-order valence-electron chi connectivity index (χ1n) is 8.97. The number of amides is 2. The van der Waals surface area contributed by atoms with Gasteiger partial charge in [0.15, 0.2) is 6.61 Å². The molecule has 0 aliphatic rings. The lowest BCUT2D eigenvalue weighted by Crippen LogP contribution is -2.30. The number of nitro benzene ring substituents is 1. The number of nitro groups is 1. The standard InChI is InChI=1S/C20H21N3O6/c1-3-22(4-2)19(25)14-8-7-9-15(12-14)21-18(24)13-29-20(26)16-10-5-6-11-17(16)23(27)28/h5-12H,3-4,13H2,1-2H3,(H,21,24). The summed E-state index contributed by atoms with van der Waals surface area (Å²) in [5.41, 5.74) is 0.149. The minimum absolute atomic E-state index is 0.158. The van der Waals surface area contributed by atoms with E-state index in [-0.39, 0.29) is 11.5 Å². The summed E-state index contributed by atoms with van der Waals surface area (Å²) in [6.45, 7) is 4.25. The number of nitrogens with one attached hydrogen (secondary N) is 1. The molecule has 0 spiro atoms. The summed E-state index contributed by atoms with van der Waals surface area (Å²) in [7, 11) is 0. The summed E-state index contributed by atoms with van der Waals surface area (Å²) < 4.78 is 4.87. The number of carbonyl (C=O) groups excluding carboxylic acids is 3. The Morgan fingerprint density at radius 2 is 1.76 bits per heavy atom. The van der Waals surface area contributed by atoms with E-state index in [1.165, 1.54) is 30.3 Å². The number of carbonyl (C=O) groups is 3. The number of rotatable bonds is 8. The third-order valence-electron chi connectivity index (χ3n) is 4.10. The van der Waals surface area contributed by atoms with Crippen LogP contribution in [0.2, 0.25) is 0 Å². The van der Waals surface area contributed by atoms with Crippen LogP contribution in [0.5, 0.6) is 0 Å². The van der Waals surface area contributed by atoms with Crippen molar-refractivity contribution in [2.24, 2.45) is 0 Å². The van der Waals surface area contributed by atoms with E-state index in [1.54, 1.807) is 23.1 Å². The van der Waals surface area contributed by atoms with Gasteiger partial charge in [-0.1, -0.05) is 18.2 Å².